The Labute approximate surface area is 132 Å². The maximum Gasteiger partial charge on any atom is 0.309 e. The number of non-ortho nitro benzene ring substituents is 1. The second kappa shape index (κ2) is 6.64. The molecule has 23 heavy (non-hydrogen) atoms. The van der Waals surface area contributed by atoms with Gasteiger partial charge in [-0.1, -0.05) is 6.92 Å². The summed E-state index contributed by atoms with van der Waals surface area (Å²) < 4.78 is 10.2. The molecule has 1 aliphatic carbocycles. The molecule has 0 saturated heterocycles. The van der Waals surface area contributed by atoms with E-state index < -0.39 is 22.9 Å². The van der Waals surface area contributed by atoms with Crippen LogP contribution in [0.5, 0.6) is 5.75 Å². The summed E-state index contributed by atoms with van der Waals surface area (Å²) in [5, 5.41) is 13.3. The Kier molecular flexibility index (Phi) is 4.83. The molecule has 0 bridgehead atoms. The first-order valence-electron chi connectivity index (χ1n) is 7.17. The normalized spacial score (nSPS) is 20.3. The van der Waals surface area contributed by atoms with E-state index in [0.29, 0.717) is 0 Å². The van der Waals surface area contributed by atoms with Crippen molar-refractivity contribution >= 4 is 23.3 Å². The fourth-order valence-electron chi connectivity index (χ4n) is 2.11. The second-order valence-electron chi connectivity index (χ2n) is 5.53. The molecule has 1 amide bonds. The molecule has 0 radical (unpaired) electrons. The van der Waals surface area contributed by atoms with Crippen LogP contribution < -0.4 is 10.1 Å². The van der Waals surface area contributed by atoms with Crippen LogP contribution in [0.3, 0.4) is 0 Å². The molecule has 8 nitrogen and oxygen atoms in total. The minimum absolute atomic E-state index is 0.141. The van der Waals surface area contributed by atoms with E-state index in [0.717, 1.165) is 6.42 Å². The van der Waals surface area contributed by atoms with Crippen LogP contribution in [0.2, 0.25) is 0 Å². The Morgan fingerprint density at radius 1 is 1.43 bits per heavy atom. The molecule has 0 spiro atoms. The Morgan fingerprint density at radius 3 is 2.61 bits per heavy atom. The number of hydrogen-bond acceptors (Lipinski definition) is 6. The third-order valence-electron chi connectivity index (χ3n) is 3.73. The topological polar surface area (TPSA) is 108 Å². The Bertz CT molecular complexity index is 645. The lowest BCUT2D eigenvalue weighted by molar-refractivity contribution is -0.384. The zero-order valence-electron chi connectivity index (χ0n) is 13.1. The van der Waals surface area contributed by atoms with Gasteiger partial charge in [-0.2, -0.15) is 0 Å². The number of nitro groups is 1. The van der Waals surface area contributed by atoms with Crippen molar-refractivity contribution in [3.8, 4) is 5.75 Å². The lowest BCUT2D eigenvalue weighted by Crippen LogP contribution is -2.30. The van der Waals surface area contributed by atoms with Gasteiger partial charge in [0.15, 0.2) is 6.10 Å². The summed E-state index contributed by atoms with van der Waals surface area (Å²) in [4.78, 5) is 34.1. The Hall–Kier alpha value is -2.64. The quantitative estimate of drug-likeness (QED) is 0.488. The van der Waals surface area contributed by atoms with E-state index >= 15 is 0 Å². The molecule has 1 saturated carbocycles. The van der Waals surface area contributed by atoms with Crippen molar-refractivity contribution in [1.29, 1.82) is 0 Å². The molecule has 1 aliphatic rings. The number of anilines is 1. The van der Waals surface area contributed by atoms with Gasteiger partial charge in [-0.15, -0.1) is 0 Å². The number of carbonyl (C=O) groups is 2. The molecule has 3 atom stereocenters. The molecule has 0 heterocycles. The van der Waals surface area contributed by atoms with Crippen molar-refractivity contribution < 1.29 is 24.0 Å². The van der Waals surface area contributed by atoms with E-state index in [-0.39, 0.29) is 29.0 Å². The number of ether oxygens (including phenoxy) is 2. The first-order chi connectivity index (χ1) is 10.8. The van der Waals surface area contributed by atoms with Gasteiger partial charge in [0.25, 0.3) is 11.6 Å². The average molecular weight is 322 g/mol. The summed E-state index contributed by atoms with van der Waals surface area (Å²) in [5.74, 6) is -0.554. The molecule has 0 aliphatic heterocycles. The number of nitrogens with one attached hydrogen (secondary N) is 1. The first kappa shape index (κ1) is 16.7. The fourth-order valence-corrected chi connectivity index (χ4v) is 2.11. The molecule has 0 unspecified atom stereocenters. The maximum atomic E-state index is 12.1. The van der Waals surface area contributed by atoms with Crippen LogP contribution >= 0.6 is 0 Å². The van der Waals surface area contributed by atoms with Crippen LogP contribution in [0, 0.1) is 22.0 Å². The van der Waals surface area contributed by atoms with Crippen LogP contribution in [0.1, 0.15) is 20.3 Å². The van der Waals surface area contributed by atoms with Crippen molar-refractivity contribution in [3.05, 3.63) is 28.3 Å². The van der Waals surface area contributed by atoms with E-state index in [9.17, 15) is 19.7 Å². The summed E-state index contributed by atoms with van der Waals surface area (Å²) in [6.07, 6.45) is -0.231. The molecule has 8 heteroatoms. The maximum absolute atomic E-state index is 12.1. The van der Waals surface area contributed by atoms with E-state index in [4.69, 9.17) is 9.47 Å². The SMILES string of the molecule is COc1ccc([N+](=O)[O-])cc1NC(=O)[C@H](C)OC(=O)[C@@H]1C[C@@H]1C. The van der Waals surface area contributed by atoms with Gasteiger partial charge in [0, 0.05) is 12.1 Å². The molecule has 1 N–H and O–H groups in total. The first-order valence-corrected chi connectivity index (χ1v) is 7.17. The number of esters is 1. The lowest BCUT2D eigenvalue weighted by Gasteiger charge is -2.15. The van der Waals surface area contributed by atoms with Gasteiger partial charge in [-0.05, 0) is 25.3 Å². The number of benzene rings is 1. The summed E-state index contributed by atoms with van der Waals surface area (Å²) >= 11 is 0. The van der Waals surface area contributed by atoms with Crippen molar-refractivity contribution in [1.82, 2.24) is 0 Å². The van der Waals surface area contributed by atoms with Gasteiger partial charge in [0.05, 0.1) is 23.6 Å². The molecular weight excluding hydrogens is 304 g/mol. The summed E-state index contributed by atoms with van der Waals surface area (Å²) in [5.41, 5.74) is -0.0352. The summed E-state index contributed by atoms with van der Waals surface area (Å²) in [6.45, 7) is 3.38. The van der Waals surface area contributed by atoms with Crippen LogP contribution in [-0.2, 0) is 14.3 Å². The van der Waals surface area contributed by atoms with Gasteiger partial charge >= 0.3 is 5.97 Å². The van der Waals surface area contributed by atoms with Crippen molar-refractivity contribution in [2.45, 2.75) is 26.4 Å². The molecule has 0 aromatic heterocycles. The van der Waals surface area contributed by atoms with Gasteiger partial charge in [0.2, 0.25) is 0 Å². The van der Waals surface area contributed by atoms with Gasteiger partial charge in [0.1, 0.15) is 5.75 Å². The smallest absolute Gasteiger partial charge is 0.309 e. The van der Waals surface area contributed by atoms with E-state index in [1.54, 1.807) is 0 Å². The Morgan fingerprint density at radius 2 is 2.09 bits per heavy atom. The second-order valence-corrected chi connectivity index (χ2v) is 5.53. The standard InChI is InChI=1S/C15H18N2O6/c1-8-6-11(8)15(19)23-9(2)14(18)16-12-7-10(17(20)21)4-5-13(12)22-3/h4-5,7-9,11H,6H2,1-3H3,(H,16,18)/t8-,9-,11+/m0/s1. The number of rotatable bonds is 6. The zero-order chi connectivity index (χ0) is 17.1. The summed E-state index contributed by atoms with van der Waals surface area (Å²) in [6, 6.07) is 3.84. The van der Waals surface area contributed by atoms with Crippen molar-refractivity contribution in [3.63, 3.8) is 0 Å². The van der Waals surface area contributed by atoms with Crippen molar-refractivity contribution in [2.75, 3.05) is 12.4 Å². The van der Waals surface area contributed by atoms with Crippen molar-refractivity contribution in [2.24, 2.45) is 11.8 Å². The number of methoxy groups -OCH3 is 1. The minimum Gasteiger partial charge on any atom is -0.495 e. The molecule has 1 fully saturated rings. The van der Waals surface area contributed by atoms with E-state index in [1.165, 1.54) is 32.2 Å². The van der Waals surface area contributed by atoms with Crippen LogP contribution in [0.4, 0.5) is 11.4 Å². The van der Waals surface area contributed by atoms with Crippen LogP contribution in [0.25, 0.3) is 0 Å². The van der Waals surface area contributed by atoms with E-state index in [1.807, 2.05) is 6.92 Å². The predicted octanol–water partition coefficient (Wildman–Crippen LogP) is 2.13. The molecule has 124 valence electrons. The third kappa shape index (κ3) is 3.97. The van der Waals surface area contributed by atoms with Gasteiger partial charge in [-0.25, -0.2) is 0 Å². The molecule has 1 aromatic rings. The number of nitro benzene ring substituents is 1. The molecule has 2 rings (SSSR count). The minimum atomic E-state index is -1.00. The van der Waals surface area contributed by atoms with Crippen LogP contribution in [-0.4, -0.2) is 30.0 Å². The molecule has 1 aromatic carbocycles. The number of hydrogen-bond donors (Lipinski definition) is 1. The van der Waals surface area contributed by atoms with Gasteiger partial charge in [-0.3, -0.25) is 19.7 Å². The van der Waals surface area contributed by atoms with E-state index in [2.05, 4.69) is 5.32 Å². The number of nitrogens with zero attached hydrogens (tertiary/aromatic N) is 1. The zero-order valence-corrected chi connectivity index (χ0v) is 13.1. The third-order valence-corrected chi connectivity index (χ3v) is 3.73. The fraction of sp³-hybridized carbons (Fsp3) is 0.467. The summed E-state index contributed by atoms with van der Waals surface area (Å²) in [7, 11) is 1.38. The highest BCUT2D eigenvalue weighted by molar-refractivity contribution is 5.96. The largest absolute Gasteiger partial charge is 0.495 e. The monoisotopic (exact) mass is 322 g/mol. The molecular formula is C15H18N2O6. The number of amides is 1. The van der Waals surface area contributed by atoms with Gasteiger partial charge < -0.3 is 14.8 Å². The predicted molar refractivity (Wildman–Crippen MR) is 81.1 cm³/mol. The lowest BCUT2D eigenvalue weighted by atomic mass is 10.2. The highest BCUT2D eigenvalue weighted by Crippen LogP contribution is 2.38. The number of carbonyl (C=O) groups excluding carboxylic acids is 2. The highest BCUT2D eigenvalue weighted by Gasteiger charge is 2.41. The highest BCUT2D eigenvalue weighted by atomic mass is 16.6. The average Bonchev–Trinajstić information content (AvgIpc) is 3.24. The van der Waals surface area contributed by atoms with Crippen LogP contribution in [0.15, 0.2) is 18.2 Å². The Balaban J connectivity index is 2.04.